The van der Waals surface area contributed by atoms with Crippen LogP contribution in [0.15, 0.2) is 17.1 Å². The molecule has 2 N–H and O–H groups in total. The Morgan fingerprint density at radius 3 is 2.35 bits per heavy atom. The summed E-state index contributed by atoms with van der Waals surface area (Å²) in [5.41, 5.74) is -0.435. The number of hydrogen-bond acceptors (Lipinski definition) is 4. The minimum atomic E-state index is -0.435. The van der Waals surface area contributed by atoms with Gasteiger partial charge in [-0.25, -0.2) is 4.79 Å². The molecule has 1 aliphatic heterocycles. The van der Waals surface area contributed by atoms with Gasteiger partial charge in [0.05, 0.1) is 0 Å². The predicted octanol–water partition coefficient (Wildman–Crippen LogP) is 2.04. The number of rotatable bonds is 4. The van der Waals surface area contributed by atoms with Gasteiger partial charge >= 0.3 is 6.09 Å². The van der Waals surface area contributed by atoms with Crippen LogP contribution in [0.5, 0.6) is 0 Å². The second-order valence-electron chi connectivity index (χ2n) is 7.59. The van der Waals surface area contributed by atoms with E-state index in [2.05, 4.69) is 32.7 Å². The van der Waals surface area contributed by atoms with Gasteiger partial charge in [0.25, 0.3) is 0 Å². The molecule has 0 aromatic heterocycles. The molecule has 8 heteroatoms. The first-order chi connectivity index (χ1) is 11.9. The Kier molecular flexibility index (Phi) is 9.70. The topological polar surface area (TPSA) is 69.2 Å². The maximum absolute atomic E-state index is 12.1. The molecule has 0 spiro atoms. The van der Waals surface area contributed by atoms with E-state index in [0.717, 1.165) is 58.1 Å². The molecule has 7 nitrogen and oxygen atoms in total. The molecule has 0 aromatic carbocycles. The number of halogens is 1. The molecule has 1 fully saturated rings. The lowest BCUT2D eigenvalue weighted by Crippen LogP contribution is -2.52. The highest BCUT2D eigenvalue weighted by molar-refractivity contribution is 14.0. The van der Waals surface area contributed by atoms with Crippen molar-refractivity contribution < 1.29 is 9.53 Å². The smallest absolute Gasteiger partial charge is 0.410 e. The van der Waals surface area contributed by atoms with E-state index in [1.807, 2.05) is 20.8 Å². The van der Waals surface area contributed by atoms with Crippen molar-refractivity contribution >= 4 is 36.0 Å². The fraction of sp³-hybridized carbons (Fsp3) is 0.778. The van der Waals surface area contributed by atoms with Crippen LogP contribution in [-0.2, 0) is 4.74 Å². The van der Waals surface area contributed by atoms with Crippen LogP contribution in [0.3, 0.4) is 0 Å². The van der Waals surface area contributed by atoms with Gasteiger partial charge in [0.2, 0.25) is 0 Å². The van der Waals surface area contributed by atoms with Crippen molar-refractivity contribution in [2.24, 2.45) is 4.99 Å². The van der Waals surface area contributed by atoms with Crippen LogP contribution in [0.25, 0.3) is 0 Å². The summed E-state index contributed by atoms with van der Waals surface area (Å²) in [6.07, 6.45) is 6.32. The van der Waals surface area contributed by atoms with Crippen molar-refractivity contribution in [1.29, 1.82) is 0 Å². The molecule has 2 rings (SSSR count). The van der Waals surface area contributed by atoms with Gasteiger partial charge in [-0.15, -0.1) is 24.0 Å². The lowest BCUT2D eigenvalue weighted by Gasteiger charge is -2.35. The zero-order valence-corrected chi connectivity index (χ0v) is 18.8. The van der Waals surface area contributed by atoms with Gasteiger partial charge in [0.1, 0.15) is 5.60 Å². The van der Waals surface area contributed by atoms with Gasteiger partial charge in [-0.2, -0.15) is 0 Å². The van der Waals surface area contributed by atoms with Crippen molar-refractivity contribution in [1.82, 2.24) is 20.4 Å². The number of guanidine groups is 1. The second-order valence-corrected chi connectivity index (χ2v) is 7.59. The number of ether oxygens (including phenoxy) is 1. The highest BCUT2D eigenvalue weighted by Crippen LogP contribution is 2.12. The summed E-state index contributed by atoms with van der Waals surface area (Å²) in [6, 6.07) is 0.462. The van der Waals surface area contributed by atoms with Crippen LogP contribution in [0.2, 0.25) is 0 Å². The van der Waals surface area contributed by atoms with Gasteiger partial charge in [0, 0.05) is 52.4 Å². The van der Waals surface area contributed by atoms with Crippen LogP contribution < -0.4 is 10.6 Å². The van der Waals surface area contributed by atoms with E-state index in [-0.39, 0.29) is 30.1 Å². The average Bonchev–Trinajstić information content (AvgIpc) is 3.06. The summed E-state index contributed by atoms with van der Waals surface area (Å²) in [4.78, 5) is 20.5. The minimum absolute atomic E-state index is 0. The first kappa shape index (κ1) is 23.0. The highest BCUT2D eigenvalue weighted by Gasteiger charge is 2.25. The van der Waals surface area contributed by atoms with E-state index in [0.29, 0.717) is 6.04 Å². The Hall–Kier alpha value is -1.03. The maximum atomic E-state index is 12.1. The SMILES string of the molecule is CN=C(NCCN1CCN(C(=O)OC(C)(C)C)CC1)NC1CC=CC1.I. The predicted molar refractivity (Wildman–Crippen MR) is 116 cm³/mol. The fourth-order valence-electron chi connectivity index (χ4n) is 2.94. The molecule has 1 saturated heterocycles. The fourth-order valence-corrected chi connectivity index (χ4v) is 2.94. The number of piperazine rings is 1. The molecule has 0 aromatic rings. The Labute approximate surface area is 174 Å². The van der Waals surface area contributed by atoms with Gasteiger partial charge in [-0.3, -0.25) is 9.89 Å². The molecule has 0 saturated carbocycles. The third kappa shape index (κ3) is 8.11. The number of amides is 1. The zero-order chi connectivity index (χ0) is 18.3. The minimum Gasteiger partial charge on any atom is -0.444 e. The van der Waals surface area contributed by atoms with E-state index in [9.17, 15) is 4.79 Å². The summed E-state index contributed by atoms with van der Waals surface area (Å²) in [7, 11) is 1.80. The quantitative estimate of drug-likeness (QED) is 0.280. The summed E-state index contributed by atoms with van der Waals surface area (Å²) in [5.74, 6) is 0.862. The van der Waals surface area contributed by atoms with Crippen molar-refractivity contribution in [2.45, 2.75) is 45.3 Å². The number of nitrogens with one attached hydrogen (secondary N) is 2. The second kappa shape index (κ2) is 11.0. The Morgan fingerprint density at radius 2 is 1.81 bits per heavy atom. The number of carbonyl (C=O) groups is 1. The third-order valence-electron chi connectivity index (χ3n) is 4.32. The average molecular weight is 479 g/mol. The highest BCUT2D eigenvalue weighted by atomic mass is 127. The number of hydrogen-bond donors (Lipinski definition) is 2. The summed E-state index contributed by atoms with van der Waals surface area (Å²) >= 11 is 0. The van der Waals surface area contributed by atoms with Gasteiger partial charge in [0.15, 0.2) is 5.96 Å². The van der Waals surface area contributed by atoms with E-state index in [1.54, 1.807) is 11.9 Å². The normalized spacial score (nSPS) is 19.2. The molecular weight excluding hydrogens is 445 g/mol. The van der Waals surface area contributed by atoms with Crippen molar-refractivity contribution in [3.05, 3.63) is 12.2 Å². The lowest BCUT2D eigenvalue weighted by atomic mass is 10.2. The molecule has 0 unspecified atom stereocenters. The van der Waals surface area contributed by atoms with Crippen molar-refractivity contribution in [3.8, 4) is 0 Å². The lowest BCUT2D eigenvalue weighted by molar-refractivity contribution is 0.0147. The van der Waals surface area contributed by atoms with Crippen LogP contribution >= 0.6 is 24.0 Å². The van der Waals surface area contributed by atoms with Crippen LogP contribution in [0.1, 0.15) is 33.6 Å². The van der Waals surface area contributed by atoms with Crippen LogP contribution in [0.4, 0.5) is 4.79 Å². The van der Waals surface area contributed by atoms with E-state index in [1.165, 1.54) is 0 Å². The Balaban J connectivity index is 0.00000338. The molecule has 1 aliphatic carbocycles. The summed E-state index contributed by atoms with van der Waals surface area (Å²) in [6.45, 7) is 10.7. The van der Waals surface area contributed by atoms with E-state index >= 15 is 0 Å². The first-order valence-electron chi connectivity index (χ1n) is 9.20. The third-order valence-corrected chi connectivity index (χ3v) is 4.32. The van der Waals surface area contributed by atoms with Gasteiger partial charge in [-0.1, -0.05) is 12.2 Å². The molecule has 0 bridgehead atoms. The van der Waals surface area contributed by atoms with Crippen LogP contribution in [-0.4, -0.2) is 79.8 Å². The molecule has 150 valence electrons. The molecule has 0 atom stereocenters. The van der Waals surface area contributed by atoms with Gasteiger partial charge in [-0.05, 0) is 33.6 Å². The van der Waals surface area contributed by atoms with Crippen molar-refractivity contribution in [3.63, 3.8) is 0 Å². The zero-order valence-electron chi connectivity index (χ0n) is 16.5. The molecule has 26 heavy (non-hydrogen) atoms. The molecule has 1 amide bonds. The molecule has 0 radical (unpaired) electrons. The largest absolute Gasteiger partial charge is 0.444 e. The monoisotopic (exact) mass is 479 g/mol. The molecule has 2 aliphatic rings. The summed E-state index contributed by atoms with van der Waals surface area (Å²) in [5, 5.41) is 6.81. The van der Waals surface area contributed by atoms with Gasteiger partial charge < -0.3 is 20.3 Å². The standard InChI is InChI=1S/C18H33N5O2.HI/c1-18(2,3)25-17(24)23-13-11-22(12-14-23)10-9-20-16(19-4)21-15-7-5-6-8-15;/h5-6,15H,7-14H2,1-4H3,(H2,19,20,21);1H. The van der Waals surface area contributed by atoms with Crippen LogP contribution in [0, 0.1) is 0 Å². The number of aliphatic imine (C=N–C) groups is 1. The van der Waals surface area contributed by atoms with E-state index < -0.39 is 5.60 Å². The van der Waals surface area contributed by atoms with E-state index in [4.69, 9.17) is 4.74 Å². The number of carbonyl (C=O) groups excluding carboxylic acids is 1. The maximum Gasteiger partial charge on any atom is 0.410 e. The van der Waals surface area contributed by atoms with Crippen molar-refractivity contribution in [2.75, 3.05) is 46.3 Å². The molecule has 1 heterocycles. The Bertz CT molecular complexity index is 488. The Morgan fingerprint density at radius 1 is 1.19 bits per heavy atom. The molecular formula is C18H34IN5O2. The summed E-state index contributed by atoms with van der Waals surface area (Å²) < 4.78 is 5.43. The number of nitrogens with zero attached hydrogens (tertiary/aromatic N) is 3. The first-order valence-corrected chi connectivity index (χ1v) is 9.20.